The molecular formula is C27H32ClF3N4OS2. The molecule has 2 aliphatic heterocycles. The number of thioether (sulfide) groups is 2. The van der Waals surface area contributed by atoms with Crippen LogP contribution in [0.2, 0.25) is 5.02 Å². The number of nitrogens with zero attached hydrogens (tertiary/aromatic N) is 3. The second kappa shape index (κ2) is 16.5. The number of nitrogens with one attached hydrogen (secondary N) is 1. The Hall–Kier alpha value is -2.43. The average molecular weight is 585 g/mol. The second-order valence-electron chi connectivity index (χ2n) is 8.03. The van der Waals surface area contributed by atoms with Crippen LogP contribution in [0, 0.1) is 5.82 Å². The standard InChI is InChI=1S/C21H28F2N4OS2.C6H4ClF/c1-5-10-30-18(6-2)20-25-12-15(16(24-3)8-7-9-19(22)23)17-11-14(13-27(17)20)26-21(28)29-4;7-5-2-1-3-6(8)4-5/h5-8,10,14,19H,9,11-13H2,1-4H3,(H,26,28);1-4H/b8-7-,10-5-,18-6?,24-16?;. The van der Waals surface area contributed by atoms with Gasteiger partial charge in [0.05, 0.1) is 18.3 Å². The van der Waals surface area contributed by atoms with E-state index in [-0.39, 0.29) is 23.5 Å². The van der Waals surface area contributed by atoms with Gasteiger partial charge >= 0.3 is 0 Å². The van der Waals surface area contributed by atoms with Gasteiger partial charge in [-0.2, -0.15) is 0 Å². The molecule has 2 aliphatic rings. The molecule has 0 saturated carbocycles. The highest BCUT2D eigenvalue weighted by Crippen LogP contribution is 2.34. The van der Waals surface area contributed by atoms with Crippen molar-refractivity contribution in [1.29, 1.82) is 0 Å². The van der Waals surface area contributed by atoms with Crippen LogP contribution in [0.3, 0.4) is 0 Å². The van der Waals surface area contributed by atoms with E-state index >= 15 is 0 Å². The van der Waals surface area contributed by atoms with Crippen molar-refractivity contribution in [3.05, 3.63) is 81.0 Å². The Labute approximate surface area is 236 Å². The number of rotatable bonds is 8. The molecule has 1 N–H and O–H groups in total. The van der Waals surface area contributed by atoms with E-state index in [9.17, 15) is 18.0 Å². The third-order valence-corrected chi connectivity index (χ3v) is 7.21. The quantitative estimate of drug-likeness (QED) is 0.318. The van der Waals surface area contributed by atoms with E-state index in [2.05, 4.69) is 15.2 Å². The predicted molar refractivity (Wildman–Crippen MR) is 157 cm³/mol. The molecule has 1 unspecified atom stereocenters. The van der Waals surface area contributed by atoms with Gasteiger partial charge in [-0.25, -0.2) is 13.2 Å². The molecule has 0 spiro atoms. The van der Waals surface area contributed by atoms with Gasteiger partial charge in [-0.15, -0.1) is 0 Å². The van der Waals surface area contributed by atoms with Crippen LogP contribution in [0.1, 0.15) is 26.7 Å². The lowest BCUT2D eigenvalue weighted by atomic mass is 10.0. The lowest BCUT2D eigenvalue weighted by Crippen LogP contribution is -2.38. The molecule has 0 bridgehead atoms. The molecule has 1 aromatic rings. The topological polar surface area (TPSA) is 57.1 Å². The van der Waals surface area contributed by atoms with Crippen molar-refractivity contribution >= 4 is 51.9 Å². The number of hydrogen-bond donors (Lipinski definition) is 1. The normalized spacial score (nSPS) is 18.2. The smallest absolute Gasteiger partial charge is 0.279 e. The summed E-state index contributed by atoms with van der Waals surface area (Å²) in [5.74, 6) is 0.574. The van der Waals surface area contributed by atoms with Crippen LogP contribution >= 0.6 is 35.1 Å². The molecule has 0 aromatic heterocycles. The molecule has 1 fully saturated rings. The summed E-state index contributed by atoms with van der Waals surface area (Å²) >= 11 is 8.15. The molecule has 5 nitrogen and oxygen atoms in total. The maximum absolute atomic E-state index is 12.5. The molecular weight excluding hydrogens is 553 g/mol. The number of amides is 1. The third-order valence-electron chi connectivity index (χ3n) is 5.41. The number of hydrogen-bond acceptors (Lipinski definition) is 6. The first-order chi connectivity index (χ1) is 18.2. The number of halogens is 4. The van der Waals surface area contributed by atoms with Crippen molar-refractivity contribution < 1.29 is 18.0 Å². The van der Waals surface area contributed by atoms with Crippen molar-refractivity contribution in [2.24, 2.45) is 9.98 Å². The monoisotopic (exact) mass is 584 g/mol. The number of carbonyl (C=O) groups is 1. The summed E-state index contributed by atoms with van der Waals surface area (Å²) in [5, 5.41) is 5.41. The van der Waals surface area contributed by atoms with Crippen molar-refractivity contribution in [2.75, 3.05) is 26.4 Å². The second-order valence-corrected chi connectivity index (χ2v) is 10.2. The van der Waals surface area contributed by atoms with E-state index in [0.29, 0.717) is 30.2 Å². The summed E-state index contributed by atoms with van der Waals surface area (Å²) < 4.78 is 37.2. The number of alkyl halides is 2. The Balaban J connectivity index is 0.000000538. The minimum absolute atomic E-state index is 0.0498. The Morgan fingerprint density at radius 3 is 2.68 bits per heavy atom. The van der Waals surface area contributed by atoms with Crippen LogP contribution < -0.4 is 5.32 Å². The van der Waals surface area contributed by atoms with Gasteiger partial charge < -0.3 is 10.2 Å². The number of amidine groups is 1. The molecule has 1 saturated heterocycles. The lowest BCUT2D eigenvalue weighted by Gasteiger charge is -2.29. The number of benzene rings is 1. The number of fused-ring (bicyclic) bond motifs is 1. The zero-order valence-corrected chi connectivity index (χ0v) is 24.1. The van der Waals surface area contributed by atoms with Crippen molar-refractivity contribution in [1.82, 2.24) is 10.2 Å². The van der Waals surface area contributed by atoms with Crippen molar-refractivity contribution in [3.63, 3.8) is 0 Å². The molecule has 0 aliphatic carbocycles. The highest BCUT2D eigenvalue weighted by molar-refractivity contribution is 8.12. The van der Waals surface area contributed by atoms with E-state index < -0.39 is 6.43 Å². The van der Waals surface area contributed by atoms with Crippen LogP contribution in [-0.4, -0.2) is 60.5 Å². The fourth-order valence-electron chi connectivity index (χ4n) is 3.78. The van der Waals surface area contributed by atoms with E-state index in [4.69, 9.17) is 16.6 Å². The van der Waals surface area contributed by atoms with Gasteiger partial charge in [0.15, 0.2) is 0 Å². The van der Waals surface area contributed by atoms with Gasteiger partial charge in [-0.3, -0.25) is 14.8 Å². The molecule has 1 atom stereocenters. The minimum atomic E-state index is -2.39. The van der Waals surface area contributed by atoms with Gasteiger partial charge in [0, 0.05) is 47.6 Å². The van der Waals surface area contributed by atoms with E-state index in [0.717, 1.165) is 33.8 Å². The van der Waals surface area contributed by atoms with Crippen LogP contribution in [0.4, 0.5) is 18.0 Å². The lowest BCUT2D eigenvalue weighted by molar-refractivity contribution is 0.152. The molecule has 1 aromatic carbocycles. The van der Waals surface area contributed by atoms with E-state index in [1.54, 1.807) is 43.3 Å². The Morgan fingerprint density at radius 1 is 1.37 bits per heavy atom. The summed E-state index contributed by atoms with van der Waals surface area (Å²) in [5.41, 5.74) is 2.60. The van der Waals surface area contributed by atoms with Gasteiger partial charge in [-0.1, -0.05) is 59.4 Å². The Kier molecular flexibility index (Phi) is 13.8. The molecule has 206 valence electrons. The van der Waals surface area contributed by atoms with Crippen molar-refractivity contribution in [3.8, 4) is 0 Å². The number of aliphatic imine (C=N–C) groups is 2. The molecule has 3 rings (SSSR count). The summed E-state index contributed by atoms with van der Waals surface area (Å²) in [6.07, 6.45) is 6.79. The highest BCUT2D eigenvalue weighted by Gasteiger charge is 2.36. The molecule has 2 heterocycles. The zero-order chi connectivity index (χ0) is 28.1. The SMILES string of the molecule is CC=C(S/C=C\C)C1=NCC(C(/C=C\CC(F)F)=NC)=C2CC(NC(=O)SC)CN12.Fc1cccc(Cl)c1. The summed E-state index contributed by atoms with van der Waals surface area (Å²) in [4.78, 5) is 24.2. The maximum atomic E-state index is 12.5. The van der Waals surface area contributed by atoms with Gasteiger partial charge in [0.2, 0.25) is 6.43 Å². The molecule has 0 radical (unpaired) electrons. The van der Waals surface area contributed by atoms with Crippen LogP contribution in [0.5, 0.6) is 0 Å². The van der Waals surface area contributed by atoms with Gasteiger partial charge in [0.1, 0.15) is 11.7 Å². The maximum Gasteiger partial charge on any atom is 0.279 e. The first kappa shape index (κ1) is 31.8. The minimum Gasteiger partial charge on any atom is -0.342 e. The molecule has 38 heavy (non-hydrogen) atoms. The fraction of sp³-hybridized carbons (Fsp3) is 0.370. The van der Waals surface area contributed by atoms with Crippen LogP contribution in [0.15, 0.2) is 80.1 Å². The van der Waals surface area contributed by atoms with E-state index in [1.165, 1.54) is 18.2 Å². The largest absolute Gasteiger partial charge is 0.342 e. The Bertz CT molecular complexity index is 1130. The zero-order valence-electron chi connectivity index (χ0n) is 21.8. The van der Waals surface area contributed by atoms with E-state index in [1.807, 2.05) is 31.4 Å². The van der Waals surface area contributed by atoms with Crippen LogP contribution in [-0.2, 0) is 0 Å². The van der Waals surface area contributed by atoms with Crippen LogP contribution in [0.25, 0.3) is 0 Å². The average Bonchev–Trinajstić information content (AvgIpc) is 3.31. The highest BCUT2D eigenvalue weighted by atomic mass is 35.5. The van der Waals surface area contributed by atoms with Gasteiger partial charge in [0.25, 0.3) is 5.24 Å². The molecule has 11 heteroatoms. The first-order valence-electron chi connectivity index (χ1n) is 11.9. The molecule has 1 amide bonds. The summed E-state index contributed by atoms with van der Waals surface area (Å²) in [7, 11) is 1.65. The van der Waals surface area contributed by atoms with Crippen molar-refractivity contribution in [2.45, 2.75) is 39.2 Å². The number of allylic oxidation sites excluding steroid dienone is 4. The predicted octanol–water partition coefficient (Wildman–Crippen LogP) is 7.73. The summed E-state index contributed by atoms with van der Waals surface area (Å²) in [6.45, 7) is 4.97. The number of carbonyl (C=O) groups excluding carboxylic acids is 1. The third kappa shape index (κ3) is 9.71. The Morgan fingerprint density at radius 2 is 2.13 bits per heavy atom. The van der Waals surface area contributed by atoms with Gasteiger partial charge in [-0.05, 0) is 49.8 Å². The fourth-order valence-corrected chi connectivity index (χ4v) is 4.94. The summed E-state index contributed by atoms with van der Waals surface area (Å²) in [6, 6.07) is 5.77. The first-order valence-corrected chi connectivity index (χ1v) is 14.4.